The van der Waals surface area contributed by atoms with Crippen molar-refractivity contribution in [3.63, 3.8) is 0 Å². The van der Waals surface area contributed by atoms with Gasteiger partial charge in [-0.25, -0.2) is 4.79 Å². The number of nitrogens with zero attached hydrogens (tertiary/aromatic N) is 1. The lowest BCUT2D eigenvalue weighted by Crippen LogP contribution is -2.70. The predicted octanol–water partition coefficient (Wildman–Crippen LogP) is 3.34. The largest absolute Gasteiger partial charge is 0.480 e. The molecular weight excluding hydrogens is 408 g/mol. The van der Waals surface area contributed by atoms with E-state index in [-0.39, 0.29) is 17.2 Å². The first-order valence-corrected chi connectivity index (χ1v) is 11.8. The number of fused-ring (bicyclic) bond motifs is 1. The Kier molecular flexibility index (Phi) is 5.50. The molecule has 0 aromatic carbocycles. The minimum absolute atomic E-state index is 0.242. The number of amides is 2. The van der Waals surface area contributed by atoms with Crippen LogP contribution in [-0.2, 0) is 14.4 Å². The monoisotopic (exact) mass is 434 g/mol. The molecule has 156 valence electrons. The number of aliphatic carboxylic acids is 1. The van der Waals surface area contributed by atoms with Crippen molar-refractivity contribution < 1.29 is 19.5 Å². The summed E-state index contributed by atoms with van der Waals surface area (Å²) >= 11 is 2.96. The van der Waals surface area contributed by atoms with Gasteiger partial charge < -0.3 is 15.3 Å². The third kappa shape index (κ3) is 3.72. The fraction of sp³-hybridized carbons (Fsp3) is 0.571. The van der Waals surface area contributed by atoms with Crippen molar-refractivity contribution in [3.05, 3.63) is 28.5 Å². The third-order valence-corrected chi connectivity index (χ3v) is 8.52. The van der Waals surface area contributed by atoms with Gasteiger partial charge in [0.15, 0.2) is 0 Å². The number of carboxylic acids is 1. The number of thioether (sulfide) groups is 1. The Bertz CT molecular complexity index is 843. The number of rotatable bonds is 5. The van der Waals surface area contributed by atoms with Crippen molar-refractivity contribution in [3.8, 4) is 0 Å². The molecule has 2 saturated heterocycles. The summed E-state index contributed by atoms with van der Waals surface area (Å²) in [4.78, 5) is 39.8. The van der Waals surface area contributed by atoms with Crippen LogP contribution in [0.3, 0.4) is 0 Å². The van der Waals surface area contributed by atoms with Crippen molar-refractivity contribution in [2.75, 3.05) is 0 Å². The second-order valence-corrected chi connectivity index (χ2v) is 11.2. The van der Waals surface area contributed by atoms with Crippen LogP contribution in [0.1, 0.15) is 50.8 Å². The van der Waals surface area contributed by atoms with E-state index >= 15 is 0 Å². The van der Waals surface area contributed by atoms with Gasteiger partial charge in [-0.3, -0.25) is 9.59 Å². The van der Waals surface area contributed by atoms with Crippen molar-refractivity contribution in [1.29, 1.82) is 0 Å². The number of hydrogen-bond acceptors (Lipinski definition) is 5. The van der Waals surface area contributed by atoms with Crippen molar-refractivity contribution in [2.24, 2.45) is 5.92 Å². The van der Waals surface area contributed by atoms with Crippen LogP contribution in [0.15, 0.2) is 23.6 Å². The van der Waals surface area contributed by atoms with Crippen LogP contribution in [0.4, 0.5) is 0 Å². The molecule has 2 N–H and O–H groups in total. The number of carbonyl (C=O) groups excluding carboxylic acids is 2. The highest BCUT2D eigenvalue weighted by molar-refractivity contribution is 8.01. The van der Waals surface area contributed by atoms with Crippen molar-refractivity contribution in [2.45, 2.75) is 68.2 Å². The lowest BCUT2D eigenvalue weighted by atomic mass is 9.87. The van der Waals surface area contributed by atoms with E-state index in [9.17, 15) is 19.5 Å². The second kappa shape index (κ2) is 7.80. The summed E-state index contributed by atoms with van der Waals surface area (Å²) < 4.78 is -0.597. The van der Waals surface area contributed by atoms with E-state index in [1.54, 1.807) is 0 Å². The Balaban J connectivity index is 1.52. The molecular formula is C21H26N2O4S2. The molecule has 8 heteroatoms. The number of β-lactam (4-membered cyclic amide) rings is 1. The fourth-order valence-corrected chi connectivity index (χ4v) is 6.98. The first kappa shape index (κ1) is 20.5. The van der Waals surface area contributed by atoms with Crippen LogP contribution in [-0.4, -0.2) is 50.0 Å². The number of carboxylic acid groups (broad SMARTS) is 1. The van der Waals surface area contributed by atoms with E-state index in [1.807, 2.05) is 31.4 Å². The molecule has 0 bridgehead atoms. The van der Waals surface area contributed by atoms with Gasteiger partial charge in [0, 0.05) is 9.62 Å². The quantitative estimate of drug-likeness (QED) is 0.548. The first-order chi connectivity index (χ1) is 13.8. The molecule has 3 atom stereocenters. The summed E-state index contributed by atoms with van der Waals surface area (Å²) in [5, 5.41) is 14.1. The molecule has 1 aromatic heterocycles. The smallest absolute Gasteiger partial charge is 0.327 e. The number of thiophene rings is 1. The number of hydrogen-bond donors (Lipinski definition) is 2. The normalized spacial score (nSPS) is 29.3. The van der Waals surface area contributed by atoms with Gasteiger partial charge in [0.25, 0.3) is 5.91 Å². The summed E-state index contributed by atoms with van der Waals surface area (Å²) in [5.41, 5.74) is 0.634. The van der Waals surface area contributed by atoms with Crippen LogP contribution >= 0.6 is 23.1 Å². The van der Waals surface area contributed by atoms with Gasteiger partial charge in [-0.2, -0.15) is 0 Å². The van der Waals surface area contributed by atoms with Crippen LogP contribution in [0, 0.1) is 5.92 Å². The molecule has 3 aliphatic rings. The molecule has 4 rings (SSSR count). The highest BCUT2D eigenvalue weighted by atomic mass is 32.2. The van der Waals surface area contributed by atoms with E-state index in [2.05, 4.69) is 11.4 Å². The number of carbonyl (C=O) groups is 3. The Morgan fingerprint density at radius 1 is 1.28 bits per heavy atom. The number of allylic oxidation sites excluding steroid dienone is 1. The van der Waals surface area contributed by atoms with Gasteiger partial charge >= 0.3 is 5.97 Å². The first-order valence-electron chi connectivity index (χ1n) is 10.1. The Labute approximate surface area is 178 Å². The molecule has 0 radical (unpaired) electrons. The number of nitrogens with one attached hydrogen (secondary N) is 1. The zero-order chi connectivity index (χ0) is 20.8. The van der Waals surface area contributed by atoms with E-state index < -0.39 is 22.8 Å². The minimum Gasteiger partial charge on any atom is -0.480 e. The molecule has 1 aromatic rings. The maximum Gasteiger partial charge on any atom is 0.327 e. The van der Waals surface area contributed by atoms with E-state index in [1.165, 1.54) is 47.3 Å². The van der Waals surface area contributed by atoms with E-state index in [0.717, 1.165) is 17.7 Å². The Morgan fingerprint density at radius 3 is 2.62 bits per heavy atom. The molecule has 1 saturated carbocycles. The van der Waals surface area contributed by atoms with Gasteiger partial charge in [-0.15, -0.1) is 23.1 Å². The minimum atomic E-state index is -1.00. The summed E-state index contributed by atoms with van der Waals surface area (Å²) in [7, 11) is 0. The standard InChI is InChI=1S/C21H26N2O4S2/c1-21(2)16(20(26)27)23-18(25)15(19(23)29-21)22-17(24)13(14-9-6-10-28-14)11-12-7-4-3-5-8-12/h6,9-12,15-16,19H,3-5,7-8H2,1-2H3,(H,22,24)(H,26,27)/b13-11-/t15-,16+,19-/m1/s1. The molecule has 1 aliphatic carbocycles. The SMILES string of the molecule is CC1(C)S[C@@H]2[C@H](NC(=O)/C(=C\C3CCCCC3)c3cccs3)C(=O)N2[C@H]1C(=O)O. The summed E-state index contributed by atoms with van der Waals surface area (Å²) in [6, 6.07) is 2.31. The lowest BCUT2D eigenvalue weighted by molar-refractivity contribution is -0.160. The van der Waals surface area contributed by atoms with Gasteiger partial charge in [0.05, 0.1) is 5.57 Å². The fourth-order valence-electron chi connectivity index (χ4n) is 4.60. The van der Waals surface area contributed by atoms with E-state index in [0.29, 0.717) is 11.5 Å². The van der Waals surface area contributed by atoms with Crippen LogP contribution in [0.25, 0.3) is 5.57 Å². The lowest BCUT2D eigenvalue weighted by Gasteiger charge is -2.43. The third-order valence-electron chi connectivity index (χ3n) is 6.04. The molecule has 2 aliphatic heterocycles. The zero-order valence-corrected chi connectivity index (χ0v) is 18.2. The average Bonchev–Trinajstić information content (AvgIpc) is 3.29. The molecule has 3 heterocycles. The highest BCUT2D eigenvalue weighted by Crippen LogP contribution is 2.50. The predicted molar refractivity (Wildman–Crippen MR) is 115 cm³/mol. The molecule has 2 amide bonds. The Morgan fingerprint density at radius 2 is 2.00 bits per heavy atom. The molecule has 6 nitrogen and oxygen atoms in total. The van der Waals surface area contributed by atoms with Gasteiger partial charge in [0.1, 0.15) is 17.5 Å². The topological polar surface area (TPSA) is 86.7 Å². The summed E-state index contributed by atoms with van der Waals surface area (Å²) in [5.74, 6) is -1.17. The van der Waals surface area contributed by atoms with Gasteiger partial charge in [-0.05, 0) is 44.1 Å². The van der Waals surface area contributed by atoms with Crippen molar-refractivity contribution in [1.82, 2.24) is 10.2 Å². The van der Waals surface area contributed by atoms with Crippen molar-refractivity contribution >= 4 is 46.5 Å². The average molecular weight is 435 g/mol. The second-order valence-electron chi connectivity index (χ2n) is 8.51. The zero-order valence-electron chi connectivity index (χ0n) is 16.6. The highest BCUT2D eigenvalue weighted by Gasteiger charge is 2.64. The summed E-state index contributed by atoms with van der Waals surface area (Å²) in [6.45, 7) is 3.67. The summed E-state index contributed by atoms with van der Waals surface area (Å²) in [6.07, 6.45) is 7.86. The maximum absolute atomic E-state index is 13.2. The molecule has 29 heavy (non-hydrogen) atoms. The van der Waals surface area contributed by atoms with Crippen LogP contribution < -0.4 is 5.32 Å². The maximum atomic E-state index is 13.2. The van der Waals surface area contributed by atoms with Crippen LogP contribution in [0.2, 0.25) is 0 Å². The molecule has 0 unspecified atom stereocenters. The Hall–Kier alpha value is -1.80. The van der Waals surface area contributed by atoms with Crippen LogP contribution in [0.5, 0.6) is 0 Å². The van der Waals surface area contributed by atoms with E-state index in [4.69, 9.17) is 0 Å². The molecule has 3 fully saturated rings. The molecule has 0 spiro atoms. The van der Waals surface area contributed by atoms with Gasteiger partial charge in [-0.1, -0.05) is 31.4 Å². The van der Waals surface area contributed by atoms with Gasteiger partial charge in [0.2, 0.25) is 5.91 Å².